The van der Waals surface area contributed by atoms with E-state index in [2.05, 4.69) is 11.6 Å². The van der Waals surface area contributed by atoms with Crippen LogP contribution in [0.5, 0.6) is 0 Å². The van der Waals surface area contributed by atoms with Crippen molar-refractivity contribution in [3.8, 4) is 0 Å². The maximum Gasteiger partial charge on any atom is 0.266 e. The Morgan fingerprint density at radius 3 is 2.83 bits per heavy atom. The van der Waals surface area contributed by atoms with Crippen LogP contribution in [-0.4, -0.2) is 35.8 Å². The lowest BCUT2D eigenvalue weighted by Gasteiger charge is -2.31. The van der Waals surface area contributed by atoms with Crippen molar-refractivity contribution in [2.75, 3.05) is 6.54 Å². The Labute approximate surface area is 177 Å². The molecule has 2 aromatic heterocycles. The Morgan fingerprint density at radius 1 is 1.24 bits per heavy atom. The average Bonchev–Trinajstić information content (AvgIpc) is 3.38. The molecule has 152 valence electrons. The van der Waals surface area contributed by atoms with Gasteiger partial charge in [-0.2, -0.15) is 9.30 Å². The van der Waals surface area contributed by atoms with Crippen molar-refractivity contribution >= 4 is 48.8 Å². The van der Waals surface area contributed by atoms with E-state index in [1.54, 1.807) is 23.6 Å². The first-order chi connectivity index (χ1) is 14.0. The predicted molar refractivity (Wildman–Crippen MR) is 116 cm³/mol. The molecule has 0 spiro atoms. The number of amides is 1. The van der Waals surface area contributed by atoms with Crippen LogP contribution in [0, 0.1) is 0 Å². The van der Waals surface area contributed by atoms with Crippen molar-refractivity contribution in [3.63, 3.8) is 0 Å². The number of nitrogens with zero attached hydrogens (tertiary/aromatic N) is 3. The zero-order valence-corrected chi connectivity index (χ0v) is 18.2. The number of sulfonamides is 1. The van der Waals surface area contributed by atoms with E-state index >= 15 is 0 Å². The van der Waals surface area contributed by atoms with Crippen molar-refractivity contribution < 1.29 is 13.2 Å². The molecule has 0 aliphatic carbocycles. The van der Waals surface area contributed by atoms with Crippen molar-refractivity contribution in [2.24, 2.45) is 4.99 Å². The number of fused-ring (bicyclic) bond motifs is 1. The first kappa shape index (κ1) is 20.2. The second-order valence-corrected chi connectivity index (χ2v) is 10.8. The molecule has 0 radical (unpaired) electrons. The monoisotopic (exact) mass is 447 g/mol. The highest BCUT2D eigenvalue weighted by molar-refractivity contribution is 7.91. The number of hydrogen-bond acceptors (Lipinski definition) is 5. The molecule has 1 fully saturated rings. The Balaban J connectivity index is 1.74. The molecular formula is C20H21N3O3S3. The SMILES string of the molecule is C=CCn1c(=NC(=O)C2CCCCN2S(=O)(=O)c2cccs2)sc2ccccc21. The predicted octanol–water partition coefficient (Wildman–Crippen LogP) is 3.62. The number of carbonyl (C=O) groups is 1. The first-order valence-corrected chi connectivity index (χ1v) is 12.5. The molecule has 1 amide bonds. The van der Waals surface area contributed by atoms with E-state index in [9.17, 15) is 13.2 Å². The number of para-hydroxylation sites is 1. The summed E-state index contributed by atoms with van der Waals surface area (Å²) in [5.74, 6) is -0.408. The number of hydrogen-bond donors (Lipinski definition) is 0. The molecule has 0 bridgehead atoms. The van der Waals surface area contributed by atoms with E-state index in [1.807, 2.05) is 28.8 Å². The van der Waals surface area contributed by atoms with E-state index in [1.165, 1.54) is 27.0 Å². The lowest BCUT2D eigenvalue weighted by atomic mass is 10.0. The molecule has 29 heavy (non-hydrogen) atoms. The van der Waals surface area contributed by atoms with Crippen molar-refractivity contribution in [1.82, 2.24) is 8.87 Å². The van der Waals surface area contributed by atoms with Gasteiger partial charge in [0.2, 0.25) is 0 Å². The average molecular weight is 448 g/mol. The summed E-state index contributed by atoms with van der Waals surface area (Å²) >= 11 is 2.59. The highest BCUT2D eigenvalue weighted by atomic mass is 32.2. The summed E-state index contributed by atoms with van der Waals surface area (Å²) in [6.07, 6.45) is 3.80. The first-order valence-electron chi connectivity index (χ1n) is 9.35. The number of benzene rings is 1. The van der Waals surface area contributed by atoms with Crippen molar-refractivity contribution in [3.05, 3.63) is 59.2 Å². The van der Waals surface area contributed by atoms with Gasteiger partial charge in [0.25, 0.3) is 15.9 Å². The summed E-state index contributed by atoms with van der Waals surface area (Å²) in [4.78, 5) is 18.1. The lowest BCUT2D eigenvalue weighted by Crippen LogP contribution is -2.47. The van der Waals surface area contributed by atoms with Crippen LogP contribution in [0.1, 0.15) is 19.3 Å². The van der Waals surface area contributed by atoms with Crippen LogP contribution in [-0.2, 0) is 21.4 Å². The molecule has 0 saturated carbocycles. The summed E-state index contributed by atoms with van der Waals surface area (Å²) in [6.45, 7) is 4.66. The van der Waals surface area contributed by atoms with Gasteiger partial charge in [0, 0.05) is 13.1 Å². The minimum atomic E-state index is -3.70. The van der Waals surface area contributed by atoms with Gasteiger partial charge in [-0.3, -0.25) is 4.79 Å². The molecule has 0 N–H and O–H groups in total. The summed E-state index contributed by atoms with van der Waals surface area (Å²) in [6, 6.07) is 10.4. The van der Waals surface area contributed by atoms with Crippen LogP contribution in [0.15, 0.2) is 63.6 Å². The molecular weight excluding hydrogens is 426 g/mol. The summed E-state index contributed by atoms with van der Waals surface area (Å²) in [7, 11) is -3.70. The normalized spacial score (nSPS) is 18.9. The van der Waals surface area contributed by atoms with Crippen LogP contribution >= 0.6 is 22.7 Å². The molecule has 1 aliphatic rings. The second kappa shape index (κ2) is 8.35. The molecule has 1 aliphatic heterocycles. The lowest BCUT2D eigenvalue weighted by molar-refractivity contribution is -0.122. The number of allylic oxidation sites excluding steroid dienone is 1. The van der Waals surface area contributed by atoms with Gasteiger partial charge in [-0.15, -0.1) is 17.9 Å². The molecule has 3 heterocycles. The minimum absolute atomic E-state index is 0.265. The topological polar surface area (TPSA) is 71.7 Å². The fraction of sp³-hybridized carbons (Fsp3) is 0.300. The molecule has 9 heteroatoms. The van der Waals surface area contributed by atoms with E-state index in [0.29, 0.717) is 24.3 Å². The fourth-order valence-electron chi connectivity index (χ4n) is 3.55. The quantitative estimate of drug-likeness (QED) is 0.561. The number of carbonyl (C=O) groups excluding carboxylic acids is 1. The van der Waals surface area contributed by atoms with Gasteiger partial charge in [-0.25, -0.2) is 8.42 Å². The van der Waals surface area contributed by atoms with Gasteiger partial charge in [0.05, 0.1) is 10.2 Å². The largest absolute Gasteiger partial charge is 0.313 e. The number of piperidine rings is 1. The third-order valence-corrected chi connectivity index (χ3v) is 9.24. The number of rotatable bonds is 5. The molecule has 1 aromatic carbocycles. The Kier molecular flexibility index (Phi) is 5.82. The summed E-state index contributed by atoms with van der Waals surface area (Å²) in [5.41, 5.74) is 0.982. The maximum atomic E-state index is 13.1. The van der Waals surface area contributed by atoms with Gasteiger partial charge in [0.1, 0.15) is 10.3 Å². The van der Waals surface area contributed by atoms with Crippen LogP contribution in [0.25, 0.3) is 10.2 Å². The van der Waals surface area contributed by atoms with Crippen molar-refractivity contribution in [1.29, 1.82) is 0 Å². The van der Waals surface area contributed by atoms with Crippen LogP contribution < -0.4 is 4.80 Å². The molecule has 1 atom stereocenters. The Bertz CT molecular complexity index is 1210. The molecule has 1 saturated heterocycles. The molecule has 1 unspecified atom stereocenters. The second-order valence-electron chi connectivity index (χ2n) is 6.76. The third-order valence-electron chi connectivity index (χ3n) is 4.90. The number of aromatic nitrogens is 1. The molecule has 6 nitrogen and oxygen atoms in total. The fourth-order valence-corrected chi connectivity index (χ4v) is 7.36. The van der Waals surface area contributed by atoms with Crippen molar-refractivity contribution in [2.45, 2.75) is 36.1 Å². The van der Waals surface area contributed by atoms with Crippen LogP contribution in [0.3, 0.4) is 0 Å². The summed E-state index contributed by atoms with van der Waals surface area (Å²) < 4.78 is 30.7. The zero-order chi connectivity index (χ0) is 20.4. The van der Waals surface area contributed by atoms with Gasteiger partial charge in [0.15, 0.2) is 4.80 Å². The van der Waals surface area contributed by atoms with Crippen LogP contribution in [0.2, 0.25) is 0 Å². The highest BCUT2D eigenvalue weighted by Crippen LogP contribution is 2.28. The van der Waals surface area contributed by atoms with Gasteiger partial charge < -0.3 is 4.57 Å². The van der Waals surface area contributed by atoms with Crippen LogP contribution in [0.4, 0.5) is 0 Å². The number of thiophene rings is 1. The van der Waals surface area contributed by atoms with E-state index in [0.717, 1.165) is 23.1 Å². The smallest absolute Gasteiger partial charge is 0.266 e. The van der Waals surface area contributed by atoms with E-state index < -0.39 is 22.0 Å². The van der Waals surface area contributed by atoms with Gasteiger partial charge in [-0.1, -0.05) is 42.0 Å². The van der Waals surface area contributed by atoms with E-state index in [4.69, 9.17) is 0 Å². The van der Waals surface area contributed by atoms with Gasteiger partial charge >= 0.3 is 0 Å². The number of thiazole rings is 1. The molecule has 4 rings (SSSR count). The Hall–Kier alpha value is -2.07. The zero-order valence-electron chi connectivity index (χ0n) is 15.7. The minimum Gasteiger partial charge on any atom is -0.313 e. The maximum absolute atomic E-state index is 13.1. The summed E-state index contributed by atoms with van der Waals surface area (Å²) in [5, 5.41) is 1.73. The standard InChI is InChI=1S/C20H21N3O3S3/c1-2-12-22-15-8-3-4-10-17(15)28-20(22)21-19(24)16-9-5-6-13-23(16)29(25,26)18-11-7-14-27-18/h2-4,7-8,10-11,14,16H,1,5-6,9,12-13H2. The Morgan fingerprint density at radius 2 is 2.07 bits per heavy atom. The van der Waals surface area contributed by atoms with E-state index in [-0.39, 0.29) is 4.21 Å². The molecule has 3 aromatic rings. The van der Waals surface area contributed by atoms with Gasteiger partial charge in [-0.05, 0) is 36.4 Å². The highest BCUT2D eigenvalue weighted by Gasteiger charge is 2.38. The third kappa shape index (κ3) is 3.87.